The molecule has 0 bridgehead atoms. The van der Waals surface area contributed by atoms with E-state index in [4.69, 9.17) is 0 Å². The summed E-state index contributed by atoms with van der Waals surface area (Å²) in [5, 5.41) is 2.92. The van der Waals surface area contributed by atoms with Gasteiger partial charge in [0.05, 0.1) is 0 Å². The highest BCUT2D eigenvalue weighted by Crippen LogP contribution is 2.11. The van der Waals surface area contributed by atoms with Gasteiger partial charge >= 0.3 is 0 Å². The van der Waals surface area contributed by atoms with Gasteiger partial charge in [-0.1, -0.05) is 40.2 Å². The molecule has 2 rings (SSSR count). The molecule has 1 amide bonds. The number of carbonyl (C=O) groups excluding carboxylic acids is 1. The zero-order chi connectivity index (χ0) is 13.0. The van der Waals surface area contributed by atoms with Gasteiger partial charge in [-0.2, -0.15) is 0 Å². The number of amides is 1. The lowest BCUT2D eigenvalue weighted by molar-refractivity contribution is 0.0951. The van der Waals surface area contributed by atoms with Crippen LogP contribution in [0.1, 0.15) is 21.5 Å². The van der Waals surface area contributed by atoms with Crippen LogP contribution in [-0.2, 0) is 6.54 Å². The average molecular weight is 304 g/mol. The van der Waals surface area contributed by atoms with Gasteiger partial charge in [-0.25, -0.2) is 0 Å². The van der Waals surface area contributed by atoms with Crippen molar-refractivity contribution in [3.05, 3.63) is 69.7 Å². The van der Waals surface area contributed by atoms with Crippen molar-refractivity contribution < 1.29 is 4.79 Å². The normalized spacial score (nSPS) is 10.1. The molecule has 3 heteroatoms. The maximum absolute atomic E-state index is 11.9. The highest BCUT2D eigenvalue weighted by atomic mass is 79.9. The minimum absolute atomic E-state index is 0.0502. The van der Waals surface area contributed by atoms with E-state index in [1.807, 2.05) is 43.3 Å². The minimum atomic E-state index is -0.0502. The van der Waals surface area contributed by atoms with Crippen LogP contribution in [0.15, 0.2) is 53.0 Å². The standard InChI is InChI=1S/C15H14BrNO/c1-11-4-2-3-5-13(11)10-17-15(18)12-6-8-14(16)9-7-12/h2-9H,10H2,1H3,(H,17,18). The van der Waals surface area contributed by atoms with Crippen LogP contribution in [0, 0.1) is 6.92 Å². The van der Waals surface area contributed by atoms with Crippen LogP contribution in [0.25, 0.3) is 0 Å². The lowest BCUT2D eigenvalue weighted by Crippen LogP contribution is -2.23. The van der Waals surface area contributed by atoms with Crippen LogP contribution in [0.2, 0.25) is 0 Å². The molecule has 0 spiro atoms. The number of halogens is 1. The van der Waals surface area contributed by atoms with E-state index >= 15 is 0 Å². The van der Waals surface area contributed by atoms with E-state index in [1.54, 1.807) is 12.1 Å². The quantitative estimate of drug-likeness (QED) is 0.920. The van der Waals surface area contributed by atoms with Crippen molar-refractivity contribution in [1.29, 1.82) is 0 Å². The van der Waals surface area contributed by atoms with E-state index in [0.717, 1.165) is 10.0 Å². The third-order valence-corrected chi connectivity index (χ3v) is 3.34. The largest absolute Gasteiger partial charge is 0.348 e. The first-order valence-corrected chi connectivity index (χ1v) is 6.54. The molecule has 0 aliphatic heterocycles. The Balaban J connectivity index is 2.01. The van der Waals surface area contributed by atoms with Gasteiger partial charge in [0.2, 0.25) is 0 Å². The topological polar surface area (TPSA) is 29.1 Å². The van der Waals surface area contributed by atoms with Gasteiger partial charge < -0.3 is 5.32 Å². The molecule has 0 saturated carbocycles. The van der Waals surface area contributed by atoms with E-state index in [-0.39, 0.29) is 5.91 Å². The zero-order valence-corrected chi connectivity index (χ0v) is 11.7. The molecule has 2 aromatic carbocycles. The molecule has 2 nitrogen and oxygen atoms in total. The molecule has 0 aliphatic rings. The predicted octanol–water partition coefficient (Wildman–Crippen LogP) is 3.69. The van der Waals surface area contributed by atoms with Gasteiger partial charge in [-0.15, -0.1) is 0 Å². The van der Waals surface area contributed by atoms with Gasteiger partial charge in [-0.05, 0) is 42.3 Å². The average Bonchev–Trinajstić information content (AvgIpc) is 2.38. The van der Waals surface area contributed by atoms with Gasteiger partial charge in [0, 0.05) is 16.6 Å². The van der Waals surface area contributed by atoms with Crippen LogP contribution in [-0.4, -0.2) is 5.91 Å². The second kappa shape index (κ2) is 5.83. The molecule has 0 heterocycles. The second-order valence-electron chi connectivity index (χ2n) is 4.12. The van der Waals surface area contributed by atoms with Crippen LogP contribution in [0.4, 0.5) is 0 Å². The fourth-order valence-corrected chi connectivity index (χ4v) is 1.95. The molecule has 0 fully saturated rings. The fraction of sp³-hybridized carbons (Fsp3) is 0.133. The van der Waals surface area contributed by atoms with E-state index in [9.17, 15) is 4.79 Å². The van der Waals surface area contributed by atoms with Crippen LogP contribution >= 0.6 is 15.9 Å². The molecule has 0 aliphatic carbocycles. The molecule has 0 aromatic heterocycles. The summed E-state index contributed by atoms with van der Waals surface area (Å²) in [6.45, 7) is 2.60. The van der Waals surface area contributed by atoms with E-state index < -0.39 is 0 Å². The Hall–Kier alpha value is -1.61. The number of hydrogen-bond donors (Lipinski definition) is 1. The molecule has 1 N–H and O–H groups in total. The van der Waals surface area contributed by atoms with Gasteiger partial charge in [0.15, 0.2) is 0 Å². The summed E-state index contributed by atoms with van der Waals surface area (Å²) in [6.07, 6.45) is 0. The predicted molar refractivity (Wildman–Crippen MR) is 76.5 cm³/mol. The number of aryl methyl sites for hydroxylation is 1. The molecule has 0 atom stereocenters. The van der Waals surface area contributed by atoms with Crippen LogP contribution in [0.5, 0.6) is 0 Å². The lowest BCUT2D eigenvalue weighted by Gasteiger charge is -2.07. The SMILES string of the molecule is Cc1ccccc1CNC(=O)c1ccc(Br)cc1. The molecular formula is C15H14BrNO. The van der Waals surface area contributed by atoms with Crippen molar-refractivity contribution in [2.45, 2.75) is 13.5 Å². The number of nitrogens with one attached hydrogen (secondary N) is 1. The van der Waals surface area contributed by atoms with E-state index in [2.05, 4.69) is 21.2 Å². The Morgan fingerprint density at radius 2 is 1.78 bits per heavy atom. The molecule has 2 aromatic rings. The summed E-state index contributed by atoms with van der Waals surface area (Å²) in [6, 6.07) is 15.4. The van der Waals surface area contributed by atoms with Crippen LogP contribution < -0.4 is 5.32 Å². The summed E-state index contributed by atoms with van der Waals surface area (Å²) in [4.78, 5) is 11.9. The lowest BCUT2D eigenvalue weighted by atomic mass is 10.1. The van der Waals surface area contributed by atoms with Crippen molar-refractivity contribution in [1.82, 2.24) is 5.32 Å². The first kappa shape index (κ1) is 12.8. The highest BCUT2D eigenvalue weighted by Gasteiger charge is 2.05. The second-order valence-corrected chi connectivity index (χ2v) is 5.03. The number of hydrogen-bond acceptors (Lipinski definition) is 1. The molecule has 0 radical (unpaired) electrons. The molecule has 0 unspecified atom stereocenters. The molecular weight excluding hydrogens is 290 g/mol. The molecule has 0 saturated heterocycles. The minimum Gasteiger partial charge on any atom is -0.348 e. The summed E-state index contributed by atoms with van der Waals surface area (Å²) in [5.74, 6) is -0.0502. The maximum atomic E-state index is 11.9. The monoisotopic (exact) mass is 303 g/mol. The van der Waals surface area contributed by atoms with Gasteiger partial charge in [-0.3, -0.25) is 4.79 Å². The Kier molecular flexibility index (Phi) is 4.15. The summed E-state index contributed by atoms with van der Waals surface area (Å²) in [5.41, 5.74) is 3.00. The number of carbonyl (C=O) groups is 1. The van der Waals surface area contributed by atoms with Crippen molar-refractivity contribution in [3.8, 4) is 0 Å². The van der Waals surface area contributed by atoms with E-state index in [1.165, 1.54) is 5.56 Å². The van der Waals surface area contributed by atoms with Crippen molar-refractivity contribution >= 4 is 21.8 Å². The Morgan fingerprint density at radius 3 is 2.44 bits per heavy atom. The first-order valence-electron chi connectivity index (χ1n) is 5.75. The zero-order valence-electron chi connectivity index (χ0n) is 10.1. The Morgan fingerprint density at radius 1 is 1.11 bits per heavy atom. The smallest absolute Gasteiger partial charge is 0.251 e. The first-order chi connectivity index (χ1) is 8.66. The Labute approximate surface area is 115 Å². The van der Waals surface area contributed by atoms with Crippen LogP contribution in [0.3, 0.4) is 0 Å². The van der Waals surface area contributed by atoms with Gasteiger partial charge in [0.25, 0.3) is 5.91 Å². The molecule has 18 heavy (non-hydrogen) atoms. The summed E-state index contributed by atoms with van der Waals surface area (Å²) in [7, 11) is 0. The van der Waals surface area contributed by atoms with Crippen molar-refractivity contribution in [2.24, 2.45) is 0 Å². The third kappa shape index (κ3) is 3.20. The number of rotatable bonds is 3. The number of benzene rings is 2. The Bertz CT molecular complexity index is 549. The highest BCUT2D eigenvalue weighted by molar-refractivity contribution is 9.10. The maximum Gasteiger partial charge on any atom is 0.251 e. The molecule has 92 valence electrons. The van der Waals surface area contributed by atoms with E-state index in [0.29, 0.717) is 12.1 Å². The van der Waals surface area contributed by atoms with Gasteiger partial charge in [0.1, 0.15) is 0 Å². The summed E-state index contributed by atoms with van der Waals surface area (Å²) >= 11 is 3.35. The van der Waals surface area contributed by atoms with Crippen molar-refractivity contribution in [3.63, 3.8) is 0 Å². The third-order valence-electron chi connectivity index (χ3n) is 2.81. The van der Waals surface area contributed by atoms with Crippen molar-refractivity contribution in [2.75, 3.05) is 0 Å². The fourth-order valence-electron chi connectivity index (χ4n) is 1.69. The summed E-state index contributed by atoms with van der Waals surface area (Å²) < 4.78 is 0.970.